The third kappa shape index (κ3) is 3.69. The first kappa shape index (κ1) is 18.0. The molecule has 0 aliphatic heterocycles. The largest absolute Gasteiger partial charge is 0.469 e. The number of nitrogens with zero attached hydrogens (tertiary/aromatic N) is 1. The number of aromatic nitrogens is 2. The summed E-state index contributed by atoms with van der Waals surface area (Å²) in [4.78, 5) is 34.1. The standard InChI is InChI=1S/C20H22N2O4S/c1-11-5-7-14-15(10-11)27-20-17(14)19(24)21-18(22-20)12(2)26-16(23)8-6-13-4-3-9-25-13/h3-4,9,11-12H,5-8,10H2,1-2H3,(H,21,22,24)/t11-,12+/m1/s1. The fraction of sp³-hybridized carbons (Fsp3) is 0.450. The summed E-state index contributed by atoms with van der Waals surface area (Å²) in [5, 5.41) is 0.710. The van der Waals surface area contributed by atoms with E-state index < -0.39 is 6.10 Å². The van der Waals surface area contributed by atoms with Crippen LogP contribution in [0.3, 0.4) is 0 Å². The van der Waals surface area contributed by atoms with E-state index in [9.17, 15) is 9.59 Å². The summed E-state index contributed by atoms with van der Waals surface area (Å²) in [7, 11) is 0. The second-order valence-electron chi connectivity index (χ2n) is 7.19. The van der Waals surface area contributed by atoms with Gasteiger partial charge in [-0.1, -0.05) is 6.92 Å². The van der Waals surface area contributed by atoms with Crippen molar-refractivity contribution >= 4 is 27.5 Å². The molecule has 0 amide bonds. The molecule has 6 nitrogen and oxygen atoms in total. The fourth-order valence-electron chi connectivity index (χ4n) is 3.55. The highest BCUT2D eigenvalue weighted by Gasteiger charge is 2.24. The summed E-state index contributed by atoms with van der Waals surface area (Å²) < 4.78 is 10.7. The summed E-state index contributed by atoms with van der Waals surface area (Å²) in [6, 6.07) is 3.61. The first-order valence-corrected chi connectivity index (χ1v) is 10.1. The molecule has 142 valence electrons. The molecule has 1 N–H and O–H groups in total. The van der Waals surface area contributed by atoms with Gasteiger partial charge in [0.25, 0.3) is 5.56 Å². The summed E-state index contributed by atoms with van der Waals surface area (Å²) in [6.45, 7) is 3.96. The Bertz CT molecular complexity index is 1020. The Morgan fingerprint density at radius 2 is 2.37 bits per heavy atom. The molecule has 7 heteroatoms. The number of thiophene rings is 1. The van der Waals surface area contributed by atoms with Crippen molar-refractivity contribution in [3.63, 3.8) is 0 Å². The van der Waals surface area contributed by atoms with Gasteiger partial charge in [0, 0.05) is 11.3 Å². The minimum atomic E-state index is -0.607. The number of rotatable bonds is 5. The third-order valence-corrected chi connectivity index (χ3v) is 6.18. The number of esters is 1. The number of nitrogens with one attached hydrogen (secondary N) is 1. The molecule has 0 aromatic carbocycles. The number of furan rings is 1. The van der Waals surface area contributed by atoms with Gasteiger partial charge in [0.2, 0.25) is 0 Å². The fourth-order valence-corrected chi connectivity index (χ4v) is 4.94. The lowest BCUT2D eigenvalue weighted by molar-refractivity contribution is -0.149. The summed E-state index contributed by atoms with van der Waals surface area (Å²) in [6.07, 6.45) is 4.70. The van der Waals surface area contributed by atoms with E-state index in [4.69, 9.17) is 9.15 Å². The second-order valence-corrected chi connectivity index (χ2v) is 8.28. The molecule has 1 aliphatic carbocycles. The monoisotopic (exact) mass is 386 g/mol. The maximum absolute atomic E-state index is 12.6. The van der Waals surface area contributed by atoms with Crippen LogP contribution in [0.15, 0.2) is 27.6 Å². The van der Waals surface area contributed by atoms with Crippen LogP contribution < -0.4 is 5.56 Å². The molecule has 0 fully saturated rings. The van der Waals surface area contributed by atoms with Crippen LogP contribution in [0.1, 0.15) is 54.8 Å². The van der Waals surface area contributed by atoms with Crippen LogP contribution in [0, 0.1) is 5.92 Å². The van der Waals surface area contributed by atoms with Crippen molar-refractivity contribution in [2.24, 2.45) is 5.92 Å². The number of H-pyrrole nitrogens is 1. The lowest BCUT2D eigenvalue weighted by atomic mass is 9.89. The van der Waals surface area contributed by atoms with E-state index in [1.807, 2.05) is 6.07 Å². The molecule has 0 bridgehead atoms. The van der Waals surface area contributed by atoms with E-state index >= 15 is 0 Å². The number of carbonyl (C=O) groups is 1. The second kappa shape index (κ2) is 7.31. The molecule has 27 heavy (non-hydrogen) atoms. The Morgan fingerprint density at radius 3 is 3.15 bits per heavy atom. The average Bonchev–Trinajstić information content (AvgIpc) is 3.26. The van der Waals surface area contributed by atoms with Gasteiger partial charge in [-0.25, -0.2) is 4.98 Å². The van der Waals surface area contributed by atoms with Gasteiger partial charge in [-0.2, -0.15) is 0 Å². The van der Waals surface area contributed by atoms with Crippen molar-refractivity contribution < 1.29 is 13.9 Å². The predicted molar refractivity (Wildman–Crippen MR) is 103 cm³/mol. The summed E-state index contributed by atoms with van der Waals surface area (Å²) in [5.41, 5.74) is 1.01. The van der Waals surface area contributed by atoms with Gasteiger partial charge in [0.05, 0.1) is 18.1 Å². The number of hydrogen-bond acceptors (Lipinski definition) is 6. The van der Waals surface area contributed by atoms with Crippen molar-refractivity contribution in [2.45, 2.75) is 52.1 Å². The highest BCUT2D eigenvalue weighted by Crippen LogP contribution is 2.35. The SMILES string of the molecule is C[C@@H]1CCc2c(sc3nc([C@H](C)OC(=O)CCc4ccco4)[nH]c(=O)c23)C1. The number of aryl methyl sites for hydroxylation is 2. The Hall–Kier alpha value is -2.41. The highest BCUT2D eigenvalue weighted by atomic mass is 32.1. The van der Waals surface area contributed by atoms with Crippen molar-refractivity contribution in [1.29, 1.82) is 0 Å². The van der Waals surface area contributed by atoms with Gasteiger partial charge in [-0.15, -0.1) is 11.3 Å². The molecule has 3 heterocycles. The van der Waals surface area contributed by atoms with Crippen molar-refractivity contribution in [3.8, 4) is 0 Å². The highest BCUT2D eigenvalue weighted by molar-refractivity contribution is 7.18. The Balaban J connectivity index is 1.51. The lowest BCUT2D eigenvalue weighted by Crippen LogP contribution is -2.18. The molecule has 0 spiro atoms. The van der Waals surface area contributed by atoms with Gasteiger partial charge in [-0.05, 0) is 49.8 Å². The van der Waals surface area contributed by atoms with Crippen LogP contribution in [0.25, 0.3) is 10.2 Å². The van der Waals surface area contributed by atoms with Crippen LogP contribution in [-0.4, -0.2) is 15.9 Å². The van der Waals surface area contributed by atoms with Crippen LogP contribution in [0.2, 0.25) is 0 Å². The van der Waals surface area contributed by atoms with Crippen LogP contribution in [0.5, 0.6) is 0 Å². The minimum absolute atomic E-state index is 0.138. The molecule has 3 aromatic rings. The van der Waals surface area contributed by atoms with Gasteiger partial charge >= 0.3 is 5.97 Å². The Morgan fingerprint density at radius 1 is 1.52 bits per heavy atom. The van der Waals surface area contributed by atoms with Gasteiger partial charge in [-0.3, -0.25) is 9.59 Å². The number of fused-ring (bicyclic) bond motifs is 3. The molecular formula is C20H22N2O4S. The molecule has 0 saturated carbocycles. The zero-order valence-corrected chi connectivity index (χ0v) is 16.2. The van der Waals surface area contributed by atoms with E-state index in [-0.39, 0.29) is 17.9 Å². The minimum Gasteiger partial charge on any atom is -0.469 e. The molecule has 1 aliphatic rings. The Kier molecular flexibility index (Phi) is 4.86. The molecular weight excluding hydrogens is 364 g/mol. The normalized spacial score (nSPS) is 17.6. The van der Waals surface area contributed by atoms with Crippen LogP contribution in [0.4, 0.5) is 0 Å². The molecule has 0 radical (unpaired) electrons. The lowest BCUT2D eigenvalue weighted by Gasteiger charge is -2.17. The summed E-state index contributed by atoms with van der Waals surface area (Å²) in [5.74, 6) is 1.43. The van der Waals surface area contributed by atoms with Crippen molar-refractivity contribution in [1.82, 2.24) is 9.97 Å². The van der Waals surface area contributed by atoms with Crippen LogP contribution >= 0.6 is 11.3 Å². The van der Waals surface area contributed by atoms with E-state index in [0.717, 1.165) is 35.4 Å². The zero-order valence-electron chi connectivity index (χ0n) is 15.4. The summed E-state index contributed by atoms with van der Waals surface area (Å²) >= 11 is 1.59. The maximum atomic E-state index is 12.6. The number of aromatic amines is 1. The number of hydrogen-bond donors (Lipinski definition) is 1. The van der Waals surface area contributed by atoms with E-state index in [1.54, 1.807) is 30.6 Å². The number of carbonyl (C=O) groups excluding carboxylic acids is 1. The Labute approximate surface area is 160 Å². The molecule has 2 atom stereocenters. The van der Waals surface area contributed by atoms with Crippen LogP contribution in [-0.2, 0) is 28.8 Å². The van der Waals surface area contributed by atoms with E-state index in [1.165, 1.54) is 4.88 Å². The molecule has 4 rings (SSSR count). The van der Waals surface area contributed by atoms with E-state index in [2.05, 4.69) is 16.9 Å². The quantitative estimate of drug-likeness (QED) is 0.671. The van der Waals surface area contributed by atoms with Crippen molar-refractivity contribution in [2.75, 3.05) is 0 Å². The first-order chi connectivity index (χ1) is 13.0. The van der Waals surface area contributed by atoms with Gasteiger partial charge in [0.1, 0.15) is 10.6 Å². The average molecular weight is 386 g/mol. The predicted octanol–water partition coefficient (Wildman–Crippen LogP) is 3.94. The first-order valence-electron chi connectivity index (χ1n) is 9.27. The van der Waals surface area contributed by atoms with Gasteiger partial charge in [0.15, 0.2) is 11.9 Å². The smallest absolute Gasteiger partial charge is 0.306 e. The maximum Gasteiger partial charge on any atom is 0.306 e. The van der Waals surface area contributed by atoms with E-state index in [0.29, 0.717) is 23.5 Å². The molecule has 0 unspecified atom stereocenters. The zero-order chi connectivity index (χ0) is 19.0. The third-order valence-electron chi connectivity index (χ3n) is 5.03. The van der Waals surface area contributed by atoms with Crippen molar-refractivity contribution in [3.05, 3.63) is 50.8 Å². The molecule has 0 saturated heterocycles. The molecule has 3 aromatic heterocycles. The topological polar surface area (TPSA) is 85.2 Å². The van der Waals surface area contributed by atoms with Gasteiger partial charge < -0.3 is 14.1 Å². The number of ether oxygens (including phenoxy) is 1.